The van der Waals surface area contributed by atoms with Crippen LogP contribution in [0.3, 0.4) is 0 Å². The minimum absolute atomic E-state index is 0.827. The lowest BCUT2D eigenvalue weighted by atomic mass is 10.1. The molecule has 1 aromatic heterocycles. The van der Waals surface area contributed by atoms with Gasteiger partial charge in [0.15, 0.2) is 0 Å². The summed E-state index contributed by atoms with van der Waals surface area (Å²) in [5, 5.41) is 3.61. The zero-order valence-corrected chi connectivity index (χ0v) is 12.8. The molecule has 1 atom stereocenters. The number of hydrogen-bond donors (Lipinski definition) is 1. The Morgan fingerprint density at radius 1 is 1.20 bits per heavy atom. The number of nitrogens with zero attached hydrogens (tertiary/aromatic N) is 1. The van der Waals surface area contributed by atoms with Gasteiger partial charge in [0.2, 0.25) is 0 Å². The third-order valence-electron chi connectivity index (χ3n) is 3.94. The Morgan fingerprint density at radius 2 is 2.05 bits per heavy atom. The van der Waals surface area contributed by atoms with E-state index in [-0.39, 0.29) is 0 Å². The van der Waals surface area contributed by atoms with Crippen LogP contribution in [0.1, 0.15) is 11.3 Å². The van der Waals surface area contributed by atoms with Crippen molar-refractivity contribution in [2.75, 3.05) is 26.7 Å². The highest BCUT2D eigenvalue weighted by Crippen LogP contribution is 2.27. The first kappa shape index (κ1) is 13.8. The maximum atomic E-state index is 3.61. The summed E-state index contributed by atoms with van der Waals surface area (Å²) in [5.41, 5.74) is 1.32. The molecule has 2 aromatic rings. The highest BCUT2D eigenvalue weighted by molar-refractivity contribution is 7.15. The summed E-state index contributed by atoms with van der Waals surface area (Å²) in [4.78, 5) is 5.21. The van der Waals surface area contributed by atoms with Gasteiger partial charge in [-0.05, 0) is 50.2 Å². The minimum Gasteiger partial charge on any atom is -0.312 e. The number of nitrogens with one attached hydrogen (secondary N) is 1. The molecule has 1 aromatic carbocycles. The van der Waals surface area contributed by atoms with Crippen LogP contribution in [-0.2, 0) is 6.54 Å². The molecule has 0 aliphatic carbocycles. The van der Waals surface area contributed by atoms with Crippen LogP contribution < -0.4 is 5.32 Å². The van der Waals surface area contributed by atoms with Gasteiger partial charge in [-0.2, -0.15) is 0 Å². The first-order valence-electron chi connectivity index (χ1n) is 7.34. The van der Waals surface area contributed by atoms with E-state index in [0.717, 1.165) is 19.0 Å². The van der Waals surface area contributed by atoms with E-state index >= 15 is 0 Å². The fourth-order valence-electron chi connectivity index (χ4n) is 2.82. The van der Waals surface area contributed by atoms with Gasteiger partial charge in [-0.3, -0.25) is 0 Å². The fraction of sp³-hybridized carbons (Fsp3) is 0.412. The summed E-state index contributed by atoms with van der Waals surface area (Å²) in [6.07, 6.45) is 1.34. The molecule has 2 nitrogen and oxygen atoms in total. The fourth-order valence-corrected chi connectivity index (χ4v) is 3.81. The maximum Gasteiger partial charge on any atom is 0.0346 e. The van der Waals surface area contributed by atoms with Gasteiger partial charge >= 0.3 is 0 Å². The van der Waals surface area contributed by atoms with Crippen LogP contribution in [0.25, 0.3) is 10.4 Å². The van der Waals surface area contributed by atoms with E-state index in [9.17, 15) is 0 Å². The smallest absolute Gasteiger partial charge is 0.0346 e. The summed E-state index contributed by atoms with van der Waals surface area (Å²) in [6.45, 7) is 4.64. The van der Waals surface area contributed by atoms with Crippen LogP contribution in [-0.4, -0.2) is 31.6 Å². The molecule has 1 N–H and O–H groups in total. The van der Waals surface area contributed by atoms with E-state index in [1.165, 1.54) is 34.8 Å². The van der Waals surface area contributed by atoms with Crippen molar-refractivity contribution >= 4 is 11.3 Å². The van der Waals surface area contributed by atoms with Crippen molar-refractivity contribution in [3.05, 3.63) is 47.3 Å². The summed E-state index contributed by atoms with van der Waals surface area (Å²) in [7, 11) is 2.21. The third kappa shape index (κ3) is 3.48. The molecule has 0 spiro atoms. The van der Waals surface area contributed by atoms with Crippen LogP contribution in [0, 0.1) is 5.92 Å². The Morgan fingerprint density at radius 3 is 2.80 bits per heavy atom. The van der Waals surface area contributed by atoms with Crippen LogP contribution >= 0.6 is 11.3 Å². The summed E-state index contributed by atoms with van der Waals surface area (Å²) < 4.78 is 0. The molecule has 0 bridgehead atoms. The van der Waals surface area contributed by atoms with E-state index < -0.39 is 0 Å². The predicted octanol–water partition coefficient (Wildman–Crippen LogP) is 3.46. The van der Waals surface area contributed by atoms with Gasteiger partial charge < -0.3 is 10.2 Å². The average Bonchev–Trinajstić information content (AvgIpc) is 3.09. The first-order valence-corrected chi connectivity index (χ1v) is 8.16. The number of rotatable bonds is 5. The van der Waals surface area contributed by atoms with Crippen molar-refractivity contribution < 1.29 is 0 Å². The van der Waals surface area contributed by atoms with Crippen molar-refractivity contribution in [2.24, 2.45) is 5.92 Å². The Bertz CT molecular complexity index is 535. The first-order chi connectivity index (χ1) is 9.81. The molecule has 0 saturated carbocycles. The molecular weight excluding hydrogens is 264 g/mol. The molecule has 1 unspecified atom stereocenters. The quantitative estimate of drug-likeness (QED) is 0.905. The van der Waals surface area contributed by atoms with Crippen molar-refractivity contribution in [3.63, 3.8) is 0 Å². The molecule has 20 heavy (non-hydrogen) atoms. The third-order valence-corrected chi connectivity index (χ3v) is 5.08. The Kier molecular flexibility index (Phi) is 4.51. The van der Waals surface area contributed by atoms with Gasteiger partial charge in [-0.25, -0.2) is 0 Å². The number of hydrogen-bond acceptors (Lipinski definition) is 3. The monoisotopic (exact) mass is 286 g/mol. The molecule has 0 radical (unpaired) electrons. The second-order valence-corrected chi connectivity index (χ2v) is 6.85. The van der Waals surface area contributed by atoms with Gasteiger partial charge in [-0.1, -0.05) is 30.3 Å². The van der Waals surface area contributed by atoms with Crippen LogP contribution in [0.4, 0.5) is 0 Å². The standard InChI is InChI=1S/C17H22N2S/c1-19-10-9-14(13-19)11-18-12-16-7-8-17(20-16)15-5-3-2-4-6-15/h2-8,14,18H,9-13H2,1H3. The molecule has 3 rings (SSSR count). The molecule has 1 fully saturated rings. The normalized spacial score (nSPS) is 19.6. The molecule has 0 amide bonds. The predicted molar refractivity (Wildman–Crippen MR) is 87.1 cm³/mol. The van der Waals surface area contributed by atoms with E-state index in [2.05, 4.69) is 59.7 Å². The van der Waals surface area contributed by atoms with Gasteiger partial charge in [0.05, 0.1) is 0 Å². The number of likely N-dealkylation sites (tertiary alicyclic amines) is 1. The summed E-state index contributed by atoms with van der Waals surface area (Å²) in [6, 6.07) is 15.1. The van der Waals surface area contributed by atoms with Gasteiger partial charge in [-0.15, -0.1) is 11.3 Å². The Hall–Kier alpha value is -1.16. The average molecular weight is 286 g/mol. The lowest BCUT2D eigenvalue weighted by Crippen LogP contribution is -2.24. The van der Waals surface area contributed by atoms with E-state index in [0.29, 0.717) is 0 Å². The molecule has 2 heterocycles. The molecule has 1 aliphatic heterocycles. The van der Waals surface area contributed by atoms with E-state index in [1.807, 2.05) is 11.3 Å². The van der Waals surface area contributed by atoms with Gasteiger partial charge in [0.25, 0.3) is 0 Å². The van der Waals surface area contributed by atoms with Crippen LogP contribution in [0.2, 0.25) is 0 Å². The number of thiophene rings is 1. The molecule has 1 saturated heterocycles. The lowest BCUT2D eigenvalue weighted by Gasteiger charge is -2.10. The van der Waals surface area contributed by atoms with Gasteiger partial charge in [0.1, 0.15) is 0 Å². The van der Waals surface area contributed by atoms with Gasteiger partial charge in [0, 0.05) is 22.8 Å². The Balaban J connectivity index is 1.50. The highest BCUT2D eigenvalue weighted by atomic mass is 32.1. The number of benzene rings is 1. The molecule has 3 heteroatoms. The second-order valence-electron chi connectivity index (χ2n) is 5.68. The van der Waals surface area contributed by atoms with Crippen LogP contribution in [0.15, 0.2) is 42.5 Å². The second kappa shape index (κ2) is 6.53. The van der Waals surface area contributed by atoms with Crippen molar-refractivity contribution in [3.8, 4) is 10.4 Å². The highest BCUT2D eigenvalue weighted by Gasteiger charge is 2.18. The summed E-state index contributed by atoms with van der Waals surface area (Å²) in [5.74, 6) is 0.827. The SMILES string of the molecule is CN1CCC(CNCc2ccc(-c3ccccc3)s2)C1. The largest absolute Gasteiger partial charge is 0.312 e. The molecule has 106 valence electrons. The Labute approximate surface area is 125 Å². The summed E-state index contributed by atoms with van der Waals surface area (Å²) >= 11 is 1.90. The van der Waals surface area contributed by atoms with Crippen molar-refractivity contribution in [1.29, 1.82) is 0 Å². The minimum atomic E-state index is 0.827. The molecular formula is C17H22N2S. The zero-order valence-electron chi connectivity index (χ0n) is 12.0. The maximum absolute atomic E-state index is 3.61. The molecule has 1 aliphatic rings. The van der Waals surface area contributed by atoms with E-state index in [4.69, 9.17) is 0 Å². The van der Waals surface area contributed by atoms with Crippen LogP contribution in [0.5, 0.6) is 0 Å². The van der Waals surface area contributed by atoms with E-state index in [1.54, 1.807) is 0 Å². The van der Waals surface area contributed by atoms with Crippen molar-refractivity contribution in [1.82, 2.24) is 10.2 Å². The van der Waals surface area contributed by atoms with Crippen molar-refractivity contribution in [2.45, 2.75) is 13.0 Å². The topological polar surface area (TPSA) is 15.3 Å². The zero-order chi connectivity index (χ0) is 13.8. The lowest BCUT2D eigenvalue weighted by molar-refractivity contribution is 0.388.